The first kappa shape index (κ1) is 13.0. The lowest BCUT2D eigenvalue weighted by atomic mass is 9.96. The van der Waals surface area contributed by atoms with E-state index in [0.29, 0.717) is 18.4 Å². The molecule has 0 aliphatic rings. The topological polar surface area (TPSA) is 26.0 Å². The summed E-state index contributed by atoms with van der Waals surface area (Å²) in [6.07, 6.45) is -3.05. The van der Waals surface area contributed by atoms with Crippen LogP contribution in [0.2, 0.25) is 0 Å². The van der Waals surface area contributed by atoms with Gasteiger partial charge in [0.25, 0.3) is 0 Å². The fraction of sp³-hybridized carbons (Fsp3) is 0.500. The normalized spacial score (nSPS) is 12.9. The van der Waals surface area contributed by atoms with Crippen LogP contribution in [0, 0.1) is 0 Å². The van der Waals surface area contributed by atoms with Crippen molar-refractivity contribution in [2.24, 2.45) is 5.73 Å². The van der Waals surface area contributed by atoms with Gasteiger partial charge in [-0.15, -0.1) is 0 Å². The Morgan fingerprint density at radius 2 is 1.81 bits per heavy atom. The van der Waals surface area contributed by atoms with Crippen LogP contribution in [0.15, 0.2) is 24.3 Å². The standard InChI is InChI=1S/C12H16F3N/c1-11(2,16)7-6-9-4-3-5-10(8-9)12(13,14)15/h3-5,8H,6-7,16H2,1-2H3. The van der Waals surface area contributed by atoms with Gasteiger partial charge in [0, 0.05) is 5.54 Å². The van der Waals surface area contributed by atoms with Crippen molar-refractivity contribution in [1.82, 2.24) is 0 Å². The third-order valence-corrected chi connectivity index (χ3v) is 2.31. The van der Waals surface area contributed by atoms with E-state index in [4.69, 9.17) is 5.73 Å². The second-order valence-electron chi connectivity index (χ2n) is 4.69. The second kappa shape index (κ2) is 4.45. The maximum Gasteiger partial charge on any atom is 0.416 e. The highest BCUT2D eigenvalue weighted by molar-refractivity contribution is 5.25. The molecule has 0 aliphatic carbocycles. The van der Waals surface area contributed by atoms with Crippen molar-refractivity contribution in [2.75, 3.05) is 0 Å². The Labute approximate surface area is 93.5 Å². The molecule has 0 heterocycles. The van der Waals surface area contributed by atoms with Gasteiger partial charge < -0.3 is 5.73 Å². The van der Waals surface area contributed by atoms with Gasteiger partial charge in [-0.05, 0) is 38.3 Å². The smallest absolute Gasteiger partial charge is 0.326 e. The molecular formula is C12H16F3N. The predicted octanol–water partition coefficient (Wildman–Crippen LogP) is 3.38. The van der Waals surface area contributed by atoms with Crippen molar-refractivity contribution in [1.29, 1.82) is 0 Å². The molecule has 2 N–H and O–H groups in total. The number of hydrogen-bond donors (Lipinski definition) is 1. The molecule has 1 aromatic carbocycles. The maximum absolute atomic E-state index is 12.4. The molecule has 0 unspecified atom stereocenters. The Kier molecular flexibility index (Phi) is 3.63. The molecule has 0 fully saturated rings. The zero-order chi connectivity index (χ0) is 12.4. The van der Waals surface area contributed by atoms with Crippen molar-refractivity contribution >= 4 is 0 Å². The average Bonchev–Trinajstić information content (AvgIpc) is 2.13. The fourth-order valence-electron chi connectivity index (χ4n) is 1.37. The minimum absolute atomic E-state index is 0.353. The molecule has 1 rings (SSSR count). The van der Waals surface area contributed by atoms with Gasteiger partial charge in [-0.25, -0.2) is 0 Å². The molecule has 0 saturated carbocycles. The number of alkyl halides is 3. The molecule has 16 heavy (non-hydrogen) atoms. The summed E-state index contributed by atoms with van der Waals surface area (Å²) in [7, 11) is 0. The van der Waals surface area contributed by atoms with E-state index in [1.54, 1.807) is 6.07 Å². The first-order valence-electron chi connectivity index (χ1n) is 5.13. The summed E-state index contributed by atoms with van der Waals surface area (Å²) in [6, 6.07) is 5.39. The van der Waals surface area contributed by atoms with Crippen LogP contribution in [-0.2, 0) is 12.6 Å². The SMILES string of the molecule is CC(C)(N)CCc1cccc(C(F)(F)F)c1. The van der Waals surface area contributed by atoms with E-state index in [2.05, 4.69) is 0 Å². The molecule has 1 nitrogen and oxygen atoms in total. The van der Waals surface area contributed by atoms with Crippen LogP contribution in [-0.4, -0.2) is 5.54 Å². The number of rotatable bonds is 3. The summed E-state index contributed by atoms with van der Waals surface area (Å²) in [5, 5.41) is 0. The van der Waals surface area contributed by atoms with E-state index in [0.717, 1.165) is 6.07 Å². The zero-order valence-electron chi connectivity index (χ0n) is 9.43. The van der Waals surface area contributed by atoms with Gasteiger partial charge in [0.05, 0.1) is 5.56 Å². The van der Waals surface area contributed by atoms with Gasteiger partial charge >= 0.3 is 6.18 Å². The molecule has 0 saturated heterocycles. The van der Waals surface area contributed by atoms with E-state index in [-0.39, 0.29) is 5.54 Å². The van der Waals surface area contributed by atoms with Crippen LogP contribution in [0.1, 0.15) is 31.4 Å². The van der Waals surface area contributed by atoms with Crippen molar-refractivity contribution in [3.05, 3.63) is 35.4 Å². The summed E-state index contributed by atoms with van der Waals surface area (Å²) in [5.41, 5.74) is 5.51. The van der Waals surface area contributed by atoms with Gasteiger partial charge in [0.15, 0.2) is 0 Å². The zero-order valence-corrected chi connectivity index (χ0v) is 9.43. The molecular weight excluding hydrogens is 215 g/mol. The highest BCUT2D eigenvalue weighted by Gasteiger charge is 2.30. The molecule has 0 atom stereocenters. The number of aryl methyl sites for hydroxylation is 1. The first-order chi connectivity index (χ1) is 7.18. The van der Waals surface area contributed by atoms with Crippen LogP contribution in [0.3, 0.4) is 0 Å². The average molecular weight is 231 g/mol. The van der Waals surface area contributed by atoms with Crippen LogP contribution < -0.4 is 5.73 Å². The van der Waals surface area contributed by atoms with Crippen molar-refractivity contribution in [3.63, 3.8) is 0 Å². The Balaban J connectivity index is 2.76. The molecule has 0 radical (unpaired) electrons. The van der Waals surface area contributed by atoms with Gasteiger partial charge in [0.1, 0.15) is 0 Å². The summed E-state index contributed by atoms with van der Waals surface area (Å²) >= 11 is 0. The van der Waals surface area contributed by atoms with E-state index in [1.165, 1.54) is 12.1 Å². The molecule has 1 aromatic rings. The third kappa shape index (κ3) is 4.23. The van der Waals surface area contributed by atoms with Gasteiger partial charge in [-0.1, -0.05) is 18.2 Å². The van der Waals surface area contributed by atoms with Gasteiger partial charge in [0.2, 0.25) is 0 Å². The number of nitrogens with two attached hydrogens (primary N) is 1. The van der Waals surface area contributed by atoms with E-state index < -0.39 is 11.7 Å². The highest BCUT2D eigenvalue weighted by atomic mass is 19.4. The van der Waals surface area contributed by atoms with Crippen LogP contribution in [0.25, 0.3) is 0 Å². The van der Waals surface area contributed by atoms with Crippen molar-refractivity contribution in [2.45, 2.75) is 38.4 Å². The third-order valence-electron chi connectivity index (χ3n) is 2.31. The minimum atomic E-state index is -4.27. The molecule has 0 spiro atoms. The molecule has 0 amide bonds. The van der Waals surface area contributed by atoms with E-state index in [9.17, 15) is 13.2 Å². The number of halogens is 3. The Bertz CT molecular complexity index is 350. The lowest BCUT2D eigenvalue weighted by molar-refractivity contribution is -0.137. The quantitative estimate of drug-likeness (QED) is 0.848. The summed E-state index contributed by atoms with van der Waals surface area (Å²) in [5.74, 6) is 0. The van der Waals surface area contributed by atoms with Gasteiger partial charge in [-0.2, -0.15) is 13.2 Å². The Morgan fingerprint density at radius 3 is 2.31 bits per heavy atom. The maximum atomic E-state index is 12.4. The van der Waals surface area contributed by atoms with Crippen LogP contribution in [0.5, 0.6) is 0 Å². The summed E-state index contributed by atoms with van der Waals surface area (Å²) in [6.45, 7) is 3.72. The fourth-order valence-corrected chi connectivity index (χ4v) is 1.37. The summed E-state index contributed by atoms with van der Waals surface area (Å²) in [4.78, 5) is 0. The molecule has 90 valence electrons. The van der Waals surface area contributed by atoms with Crippen LogP contribution >= 0.6 is 0 Å². The van der Waals surface area contributed by atoms with Crippen molar-refractivity contribution < 1.29 is 13.2 Å². The second-order valence-corrected chi connectivity index (χ2v) is 4.69. The molecule has 0 aliphatic heterocycles. The Morgan fingerprint density at radius 1 is 1.19 bits per heavy atom. The van der Waals surface area contributed by atoms with Gasteiger partial charge in [-0.3, -0.25) is 0 Å². The highest BCUT2D eigenvalue weighted by Crippen LogP contribution is 2.29. The Hall–Kier alpha value is -1.03. The molecule has 4 heteroatoms. The largest absolute Gasteiger partial charge is 0.416 e. The number of benzene rings is 1. The van der Waals surface area contributed by atoms with E-state index >= 15 is 0 Å². The predicted molar refractivity (Wildman–Crippen MR) is 58.0 cm³/mol. The van der Waals surface area contributed by atoms with Crippen molar-refractivity contribution in [3.8, 4) is 0 Å². The minimum Gasteiger partial charge on any atom is -0.326 e. The lowest BCUT2D eigenvalue weighted by Crippen LogP contribution is -2.32. The van der Waals surface area contributed by atoms with E-state index in [1.807, 2.05) is 13.8 Å². The monoisotopic (exact) mass is 231 g/mol. The van der Waals surface area contributed by atoms with Crippen LogP contribution in [0.4, 0.5) is 13.2 Å². The first-order valence-corrected chi connectivity index (χ1v) is 5.13. The lowest BCUT2D eigenvalue weighted by Gasteiger charge is -2.18. The molecule has 0 bridgehead atoms. The molecule has 0 aromatic heterocycles. The summed E-state index contributed by atoms with van der Waals surface area (Å²) < 4.78 is 37.3. The number of hydrogen-bond acceptors (Lipinski definition) is 1.